The van der Waals surface area contributed by atoms with Crippen LogP contribution >= 0.6 is 11.8 Å². The van der Waals surface area contributed by atoms with Gasteiger partial charge in [-0.2, -0.15) is 0 Å². The lowest BCUT2D eigenvalue weighted by atomic mass is 10.2. The summed E-state index contributed by atoms with van der Waals surface area (Å²) in [5, 5.41) is 8.54. The molecule has 0 saturated carbocycles. The lowest BCUT2D eigenvalue weighted by molar-refractivity contribution is -0.124. The van der Waals surface area contributed by atoms with E-state index in [0.29, 0.717) is 23.7 Å². The maximum atomic E-state index is 13.1. The molecule has 0 aliphatic carbocycles. The highest BCUT2D eigenvalue weighted by Crippen LogP contribution is 2.32. The fourth-order valence-electron chi connectivity index (χ4n) is 3.60. The molecule has 1 N–H and O–H groups in total. The van der Waals surface area contributed by atoms with Gasteiger partial charge in [0.2, 0.25) is 0 Å². The zero-order chi connectivity index (χ0) is 22.5. The van der Waals surface area contributed by atoms with Crippen LogP contribution in [0.3, 0.4) is 0 Å². The van der Waals surface area contributed by atoms with Crippen LogP contribution in [-0.4, -0.2) is 72.1 Å². The number of carbonyl (C=O) groups is 2. The number of thioether (sulfide) groups is 1. The Hall–Kier alpha value is -2.88. The molecule has 2 aromatic carbocycles. The third-order valence-electron chi connectivity index (χ3n) is 5.32. The van der Waals surface area contributed by atoms with Crippen molar-refractivity contribution in [1.82, 2.24) is 9.80 Å². The fraction of sp³-hybridized carbons (Fsp3) is 0.304. The second-order valence-electron chi connectivity index (χ2n) is 7.47. The highest BCUT2D eigenvalue weighted by atomic mass is 32.2. The number of anilines is 1. The molecule has 0 spiro atoms. The van der Waals surface area contributed by atoms with Crippen LogP contribution in [0, 0.1) is 5.82 Å². The zero-order valence-corrected chi connectivity index (χ0v) is 18.3. The third-order valence-corrected chi connectivity index (χ3v) is 6.22. The van der Waals surface area contributed by atoms with Crippen molar-refractivity contribution in [3.05, 3.63) is 64.8 Å². The SMILES string of the molecule is O=C1S/C(=C/c2ccc(OCCO)cc2)C(=O)N1CN1CCN(c2ccc(F)cc2)CC1. The van der Waals surface area contributed by atoms with E-state index in [1.807, 2.05) is 0 Å². The number of benzene rings is 2. The van der Waals surface area contributed by atoms with Gasteiger partial charge in [-0.15, -0.1) is 0 Å². The molecule has 9 heteroatoms. The van der Waals surface area contributed by atoms with E-state index in [4.69, 9.17) is 9.84 Å². The van der Waals surface area contributed by atoms with Crippen LogP contribution in [0.25, 0.3) is 6.08 Å². The van der Waals surface area contributed by atoms with Crippen molar-refractivity contribution in [3.63, 3.8) is 0 Å². The first kappa shape index (κ1) is 22.3. The minimum Gasteiger partial charge on any atom is -0.491 e. The van der Waals surface area contributed by atoms with E-state index >= 15 is 0 Å². The number of amides is 2. The summed E-state index contributed by atoms with van der Waals surface area (Å²) in [6.07, 6.45) is 1.70. The van der Waals surface area contributed by atoms with E-state index in [0.717, 1.165) is 36.1 Å². The number of piperazine rings is 1. The molecular weight excluding hydrogens is 433 g/mol. The van der Waals surface area contributed by atoms with Gasteiger partial charge in [0, 0.05) is 31.9 Å². The quantitative estimate of drug-likeness (QED) is 0.641. The Bertz CT molecular complexity index is 989. The van der Waals surface area contributed by atoms with Crippen molar-refractivity contribution in [1.29, 1.82) is 0 Å². The molecule has 32 heavy (non-hydrogen) atoms. The molecule has 7 nitrogen and oxygen atoms in total. The van der Waals surface area contributed by atoms with Crippen molar-refractivity contribution in [2.24, 2.45) is 0 Å². The largest absolute Gasteiger partial charge is 0.491 e. The molecule has 2 fully saturated rings. The average Bonchev–Trinajstić information content (AvgIpc) is 3.07. The number of aliphatic hydroxyl groups is 1. The van der Waals surface area contributed by atoms with Crippen molar-refractivity contribution >= 4 is 34.7 Å². The molecule has 2 saturated heterocycles. The van der Waals surface area contributed by atoms with Crippen LogP contribution in [0.15, 0.2) is 53.4 Å². The van der Waals surface area contributed by atoms with Crippen LogP contribution in [0.4, 0.5) is 14.9 Å². The third kappa shape index (κ3) is 5.29. The summed E-state index contributed by atoms with van der Waals surface area (Å²) in [5.74, 6) is 0.0800. The number of nitrogens with zero attached hydrogens (tertiary/aromatic N) is 3. The molecule has 0 atom stereocenters. The number of hydrogen-bond acceptors (Lipinski definition) is 7. The topological polar surface area (TPSA) is 73.3 Å². The average molecular weight is 458 g/mol. The van der Waals surface area contributed by atoms with Gasteiger partial charge in [-0.3, -0.25) is 19.4 Å². The Morgan fingerprint density at radius 2 is 1.69 bits per heavy atom. The Morgan fingerprint density at radius 3 is 2.34 bits per heavy atom. The second-order valence-corrected chi connectivity index (χ2v) is 8.47. The maximum absolute atomic E-state index is 13.1. The Labute approximate surface area is 190 Å². The summed E-state index contributed by atoms with van der Waals surface area (Å²) in [7, 11) is 0. The van der Waals surface area contributed by atoms with E-state index in [1.54, 1.807) is 42.5 Å². The van der Waals surface area contributed by atoms with Gasteiger partial charge in [-0.25, -0.2) is 4.39 Å². The van der Waals surface area contributed by atoms with Crippen molar-refractivity contribution in [3.8, 4) is 5.75 Å². The summed E-state index contributed by atoms with van der Waals surface area (Å²) in [4.78, 5) is 31.2. The Balaban J connectivity index is 1.33. The predicted molar refractivity (Wildman–Crippen MR) is 122 cm³/mol. The maximum Gasteiger partial charge on any atom is 0.294 e. The molecule has 2 aliphatic rings. The highest BCUT2D eigenvalue weighted by Gasteiger charge is 2.36. The highest BCUT2D eigenvalue weighted by molar-refractivity contribution is 8.18. The minimum atomic E-state index is -0.290. The van der Waals surface area contributed by atoms with Gasteiger partial charge in [-0.05, 0) is 59.8 Å². The first-order chi connectivity index (χ1) is 15.5. The number of halogens is 1. The molecule has 2 heterocycles. The molecule has 0 unspecified atom stereocenters. The Kier molecular flexibility index (Phi) is 7.09. The molecule has 168 valence electrons. The van der Waals surface area contributed by atoms with Gasteiger partial charge >= 0.3 is 0 Å². The Morgan fingerprint density at radius 1 is 1.00 bits per heavy atom. The van der Waals surface area contributed by atoms with Gasteiger partial charge in [-0.1, -0.05) is 12.1 Å². The molecule has 2 aliphatic heterocycles. The van der Waals surface area contributed by atoms with Crippen molar-refractivity contribution < 1.29 is 23.8 Å². The lowest BCUT2D eigenvalue weighted by Crippen LogP contribution is -2.50. The number of imide groups is 1. The standard InChI is InChI=1S/C23H24FN3O4S/c24-18-3-5-19(6-4-18)26-11-9-25(10-12-26)16-27-22(29)21(32-23(27)30)15-17-1-7-20(8-2-17)31-14-13-28/h1-8,15,28H,9-14,16H2/b21-15+. The zero-order valence-electron chi connectivity index (χ0n) is 17.4. The van der Waals surface area contributed by atoms with E-state index in [9.17, 15) is 14.0 Å². The molecule has 2 aromatic rings. The number of rotatable bonds is 7. The van der Waals surface area contributed by atoms with Crippen molar-refractivity contribution in [2.75, 3.05) is 51.0 Å². The van der Waals surface area contributed by atoms with Gasteiger partial charge in [0.05, 0.1) is 18.2 Å². The summed E-state index contributed by atoms with van der Waals surface area (Å²) in [6, 6.07) is 13.5. The second kappa shape index (κ2) is 10.2. The van der Waals surface area contributed by atoms with Gasteiger partial charge in [0.1, 0.15) is 18.2 Å². The van der Waals surface area contributed by atoms with Crippen LogP contribution in [0.1, 0.15) is 5.56 Å². The van der Waals surface area contributed by atoms with Crippen LogP contribution < -0.4 is 9.64 Å². The monoisotopic (exact) mass is 457 g/mol. The molecular formula is C23H24FN3O4S. The van der Waals surface area contributed by atoms with Crippen LogP contribution in [0.2, 0.25) is 0 Å². The van der Waals surface area contributed by atoms with Gasteiger partial charge < -0.3 is 14.7 Å². The normalized spacial score (nSPS) is 18.6. The fourth-order valence-corrected chi connectivity index (χ4v) is 4.43. The predicted octanol–water partition coefficient (Wildman–Crippen LogP) is 3.01. The molecule has 2 amide bonds. The molecule has 0 aromatic heterocycles. The number of hydrogen-bond donors (Lipinski definition) is 1. The van der Waals surface area contributed by atoms with E-state index < -0.39 is 0 Å². The smallest absolute Gasteiger partial charge is 0.294 e. The first-order valence-corrected chi connectivity index (χ1v) is 11.2. The molecule has 0 bridgehead atoms. The van der Waals surface area contributed by atoms with E-state index in [-0.39, 0.29) is 36.8 Å². The summed E-state index contributed by atoms with van der Waals surface area (Å²) < 4.78 is 18.5. The van der Waals surface area contributed by atoms with Crippen molar-refractivity contribution in [2.45, 2.75) is 0 Å². The summed E-state index contributed by atoms with van der Waals surface area (Å²) in [5.41, 5.74) is 1.76. The van der Waals surface area contributed by atoms with Gasteiger partial charge in [0.15, 0.2) is 0 Å². The summed E-state index contributed by atoms with van der Waals surface area (Å²) >= 11 is 0.944. The van der Waals surface area contributed by atoms with E-state index in [1.165, 1.54) is 17.0 Å². The number of aliphatic hydroxyl groups excluding tert-OH is 1. The molecule has 0 radical (unpaired) electrons. The number of ether oxygens (including phenoxy) is 1. The summed E-state index contributed by atoms with van der Waals surface area (Å²) in [6.45, 7) is 3.30. The van der Waals surface area contributed by atoms with Crippen LogP contribution in [-0.2, 0) is 4.79 Å². The lowest BCUT2D eigenvalue weighted by Gasteiger charge is -2.37. The van der Waals surface area contributed by atoms with Crippen LogP contribution in [0.5, 0.6) is 5.75 Å². The number of carbonyl (C=O) groups excluding carboxylic acids is 2. The van der Waals surface area contributed by atoms with Gasteiger partial charge in [0.25, 0.3) is 11.1 Å². The minimum absolute atomic E-state index is 0.0593. The first-order valence-electron chi connectivity index (χ1n) is 10.4. The van der Waals surface area contributed by atoms with E-state index in [2.05, 4.69) is 9.80 Å². The molecule has 4 rings (SSSR count).